The van der Waals surface area contributed by atoms with E-state index in [4.69, 9.17) is 0 Å². The monoisotopic (exact) mass is 363 g/mol. The number of aromatic nitrogens is 2. The minimum Gasteiger partial charge on any atom is -0.345 e. The first kappa shape index (κ1) is 16.9. The molecule has 0 bridgehead atoms. The molecule has 128 valence electrons. The van der Waals surface area contributed by atoms with Crippen LogP contribution in [0.3, 0.4) is 0 Å². The van der Waals surface area contributed by atoms with Crippen molar-refractivity contribution in [3.8, 4) is 0 Å². The number of halogens is 2. The Morgan fingerprint density at radius 2 is 1.92 bits per heavy atom. The molecule has 1 aromatic carbocycles. The molecule has 1 amide bonds. The van der Waals surface area contributed by atoms with Gasteiger partial charge in [-0.3, -0.25) is 9.59 Å². The van der Waals surface area contributed by atoms with Crippen LogP contribution in [0.2, 0.25) is 0 Å². The first-order valence-electron chi connectivity index (χ1n) is 7.12. The Morgan fingerprint density at radius 1 is 1.16 bits per heavy atom. The van der Waals surface area contributed by atoms with Gasteiger partial charge in [0, 0.05) is 5.56 Å². The highest BCUT2D eigenvalue weighted by Gasteiger charge is 2.20. The van der Waals surface area contributed by atoms with Gasteiger partial charge in [-0.25, -0.2) is 0 Å². The average molecular weight is 363 g/mol. The summed E-state index contributed by atoms with van der Waals surface area (Å²) >= 11 is 1.28. The van der Waals surface area contributed by atoms with E-state index in [1.807, 2.05) is 0 Å². The summed E-state index contributed by atoms with van der Waals surface area (Å²) in [5.41, 5.74) is 0.433. The molecule has 0 atom stereocenters. The standard InChI is InChI=1S/C16H11F2N3O3S/c17-14(18)16-20-12(21-24-16)8-19-15(23)10-5-2-1-4-9(10)13(22)11-6-3-7-25-11/h1-7,14H,8H2,(H,19,23). The van der Waals surface area contributed by atoms with Crippen LogP contribution in [0.25, 0.3) is 0 Å². The summed E-state index contributed by atoms with van der Waals surface area (Å²) in [4.78, 5) is 28.8. The lowest BCUT2D eigenvalue weighted by atomic mass is 10.0. The topological polar surface area (TPSA) is 85.1 Å². The molecule has 3 rings (SSSR count). The first-order chi connectivity index (χ1) is 12.1. The molecule has 1 N–H and O–H groups in total. The van der Waals surface area contributed by atoms with E-state index in [2.05, 4.69) is 20.0 Å². The van der Waals surface area contributed by atoms with Gasteiger partial charge in [0.05, 0.1) is 17.0 Å². The number of hydrogen-bond acceptors (Lipinski definition) is 6. The van der Waals surface area contributed by atoms with E-state index in [9.17, 15) is 18.4 Å². The molecule has 6 nitrogen and oxygen atoms in total. The van der Waals surface area contributed by atoms with Crippen LogP contribution in [0.4, 0.5) is 8.78 Å². The maximum Gasteiger partial charge on any atom is 0.315 e. The van der Waals surface area contributed by atoms with Crippen LogP contribution in [-0.2, 0) is 6.54 Å². The molecule has 0 fully saturated rings. The first-order valence-corrected chi connectivity index (χ1v) is 8.00. The molecule has 0 aliphatic heterocycles. The van der Waals surface area contributed by atoms with Crippen molar-refractivity contribution >= 4 is 23.0 Å². The Labute approximate surface area is 144 Å². The molecule has 9 heteroatoms. The van der Waals surface area contributed by atoms with E-state index < -0.39 is 18.2 Å². The van der Waals surface area contributed by atoms with Gasteiger partial charge in [-0.2, -0.15) is 13.8 Å². The Balaban J connectivity index is 1.75. The molecule has 0 unspecified atom stereocenters. The fourth-order valence-electron chi connectivity index (χ4n) is 2.10. The number of hydrogen-bond donors (Lipinski definition) is 1. The fraction of sp³-hybridized carbons (Fsp3) is 0.125. The van der Waals surface area contributed by atoms with E-state index in [1.165, 1.54) is 17.4 Å². The van der Waals surface area contributed by atoms with Crippen LogP contribution in [0.15, 0.2) is 46.3 Å². The van der Waals surface area contributed by atoms with Gasteiger partial charge in [-0.05, 0) is 17.5 Å². The van der Waals surface area contributed by atoms with Crippen molar-refractivity contribution in [2.45, 2.75) is 13.0 Å². The molecule has 25 heavy (non-hydrogen) atoms. The van der Waals surface area contributed by atoms with Gasteiger partial charge < -0.3 is 9.84 Å². The summed E-state index contributed by atoms with van der Waals surface area (Å²) in [7, 11) is 0. The van der Waals surface area contributed by atoms with E-state index in [1.54, 1.807) is 35.7 Å². The normalized spacial score (nSPS) is 10.8. The third-order valence-electron chi connectivity index (χ3n) is 3.24. The van der Waals surface area contributed by atoms with Crippen molar-refractivity contribution in [3.63, 3.8) is 0 Å². The van der Waals surface area contributed by atoms with Gasteiger partial charge in [0.25, 0.3) is 11.8 Å². The second kappa shape index (κ2) is 7.31. The van der Waals surface area contributed by atoms with Crippen LogP contribution >= 0.6 is 11.3 Å². The van der Waals surface area contributed by atoms with Crippen molar-refractivity contribution in [1.82, 2.24) is 15.5 Å². The summed E-state index contributed by atoms with van der Waals surface area (Å²) in [5, 5.41) is 7.62. The molecule has 0 aliphatic carbocycles. The Kier molecular flexibility index (Phi) is 4.94. The SMILES string of the molecule is O=C(NCc1noc(C(F)F)n1)c1ccccc1C(=O)c1cccs1. The maximum absolute atomic E-state index is 12.5. The number of carbonyl (C=O) groups is 2. The predicted octanol–water partition coefficient (Wildman–Crippen LogP) is 3.23. The lowest BCUT2D eigenvalue weighted by Crippen LogP contribution is -2.25. The zero-order chi connectivity index (χ0) is 17.8. The number of amides is 1. The largest absolute Gasteiger partial charge is 0.345 e. The van der Waals surface area contributed by atoms with Crippen LogP contribution in [0.1, 0.15) is 43.7 Å². The van der Waals surface area contributed by atoms with E-state index in [-0.39, 0.29) is 29.3 Å². The molecular weight excluding hydrogens is 352 g/mol. The van der Waals surface area contributed by atoms with E-state index >= 15 is 0 Å². The highest BCUT2D eigenvalue weighted by molar-refractivity contribution is 7.12. The summed E-state index contributed by atoms with van der Waals surface area (Å²) in [5.74, 6) is -1.69. The maximum atomic E-state index is 12.5. The lowest BCUT2D eigenvalue weighted by Gasteiger charge is -2.07. The number of ketones is 1. The summed E-state index contributed by atoms with van der Waals surface area (Å²) < 4.78 is 29.2. The smallest absolute Gasteiger partial charge is 0.315 e. The van der Waals surface area contributed by atoms with Crippen LogP contribution in [0, 0.1) is 0 Å². The highest BCUT2D eigenvalue weighted by Crippen LogP contribution is 2.19. The molecule has 0 radical (unpaired) electrons. The summed E-state index contributed by atoms with van der Waals surface area (Å²) in [6.07, 6.45) is -2.87. The number of benzene rings is 1. The third-order valence-corrected chi connectivity index (χ3v) is 4.11. The van der Waals surface area contributed by atoms with Crippen molar-refractivity contribution in [1.29, 1.82) is 0 Å². The minimum absolute atomic E-state index is 0.0780. The lowest BCUT2D eigenvalue weighted by molar-refractivity contribution is 0.0938. The minimum atomic E-state index is -2.87. The van der Waals surface area contributed by atoms with Crippen LogP contribution in [0.5, 0.6) is 0 Å². The molecule has 0 saturated heterocycles. The van der Waals surface area contributed by atoms with Crippen molar-refractivity contribution in [2.24, 2.45) is 0 Å². The highest BCUT2D eigenvalue weighted by atomic mass is 32.1. The van der Waals surface area contributed by atoms with Crippen molar-refractivity contribution in [2.75, 3.05) is 0 Å². The molecule has 0 saturated carbocycles. The van der Waals surface area contributed by atoms with Crippen molar-refractivity contribution in [3.05, 3.63) is 69.5 Å². The Hall–Kier alpha value is -2.94. The molecule has 3 aromatic rings. The van der Waals surface area contributed by atoms with Gasteiger partial charge in [0.1, 0.15) is 0 Å². The predicted molar refractivity (Wildman–Crippen MR) is 84.6 cm³/mol. The van der Waals surface area contributed by atoms with Gasteiger partial charge in [-0.1, -0.05) is 29.4 Å². The quantitative estimate of drug-likeness (QED) is 0.680. The summed E-state index contributed by atoms with van der Waals surface area (Å²) in [6.45, 7) is -0.198. The summed E-state index contributed by atoms with van der Waals surface area (Å²) in [6, 6.07) is 9.77. The van der Waals surface area contributed by atoms with Gasteiger partial charge >= 0.3 is 6.43 Å². The molecule has 0 aliphatic rings. The second-order valence-electron chi connectivity index (χ2n) is 4.88. The number of nitrogens with one attached hydrogen (secondary N) is 1. The van der Waals surface area contributed by atoms with Crippen molar-refractivity contribution < 1.29 is 22.9 Å². The molecular formula is C16H11F2N3O3S. The van der Waals surface area contributed by atoms with Crippen LogP contribution < -0.4 is 5.32 Å². The molecule has 0 spiro atoms. The number of thiophene rings is 1. The van der Waals surface area contributed by atoms with E-state index in [0.717, 1.165) is 0 Å². The second-order valence-corrected chi connectivity index (χ2v) is 5.83. The zero-order valence-electron chi connectivity index (χ0n) is 12.6. The fourth-order valence-corrected chi connectivity index (χ4v) is 2.78. The molecule has 2 aromatic heterocycles. The average Bonchev–Trinajstić information content (AvgIpc) is 3.30. The Morgan fingerprint density at radius 3 is 2.56 bits per heavy atom. The number of carbonyl (C=O) groups excluding carboxylic acids is 2. The van der Waals surface area contributed by atoms with Crippen LogP contribution in [-0.4, -0.2) is 21.8 Å². The number of nitrogens with zero attached hydrogens (tertiary/aromatic N) is 2. The number of alkyl halides is 2. The number of rotatable bonds is 6. The van der Waals surface area contributed by atoms with Gasteiger partial charge in [0.15, 0.2) is 5.82 Å². The van der Waals surface area contributed by atoms with E-state index in [0.29, 0.717) is 4.88 Å². The molecule has 2 heterocycles. The zero-order valence-corrected chi connectivity index (χ0v) is 13.4. The third kappa shape index (κ3) is 3.77. The Bertz CT molecular complexity index is 894. The van der Waals surface area contributed by atoms with Gasteiger partial charge in [0.2, 0.25) is 5.78 Å². The van der Waals surface area contributed by atoms with Gasteiger partial charge in [-0.15, -0.1) is 11.3 Å².